The molecular weight excluding hydrogens is 236 g/mol. The van der Waals surface area contributed by atoms with E-state index in [1.807, 2.05) is 30.3 Å². The number of rotatable bonds is 11. The maximum absolute atomic E-state index is 9.85. The normalized spacial score (nSPS) is 12.3. The molecule has 0 aliphatic heterocycles. The second-order valence-electron chi connectivity index (χ2n) is 5.16. The molecule has 0 fully saturated rings. The third-order valence-corrected chi connectivity index (χ3v) is 3.35. The third-order valence-electron chi connectivity index (χ3n) is 3.35. The van der Waals surface area contributed by atoms with E-state index in [9.17, 15) is 5.11 Å². The van der Waals surface area contributed by atoms with E-state index in [0.717, 1.165) is 25.0 Å². The van der Waals surface area contributed by atoms with Gasteiger partial charge in [0.05, 0.1) is 12.7 Å². The van der Waals surface area contributed by atoms with Crippen LogP contribution in [-0.4, -0.2) is 17.8 Å². The summed E-state index contributed by atoms with van der Waals surface area (Å²) in [5.41, 5.74) is 0. The van der Waals surface area contributed by atoms with E-state index in [1.54, 1.807) is 0 Å². The van der Waals surface area contributed by atoms with E-state index in [4.69, 9.17) is 4.74 Å². The number of hydrogen-bond donors (Lipinski definition) is 1. The van der Waals surface area contributed by atoms with Crippen LogP contribution in [0.1, 0.15) is 58.3 Å². The van der Waals surface area contributed by atoms with Gasteiger partial charge in [0.1, 0.15) is 5.75 Å². The largest absolute Gasteiger partial charge is 0.493 e. The Kier molecular flexibility index (Phi) is 9.17. The molecule has 0 aliphatic rings. The van der Waals surface area contributed by atoms with Gasteiger partial charge in [-0.2, -0.15) is 0 Å². The SMILES string of the molecule is CCCCCCCCC(O)CCOc1ccccc1. The van der Waals surface area contributed by atoms with Gasteiger partial charge in [-0.15, -0.1) is 0 Å². The molecular formula is C17H28O2. The Hall–Kier alpha value is -1.02. The number of unbranched alkanes of at least 4 members (excludes halogenated alkanes) is 5. The number of ether oxygens (including phenoxy) is 1. The van der Waals surface area contributed by atoms with Gasteiger partial charge in [-0.3, -0.25) is 0 Å². The molecule has 19 heavy (non-hydrogen) atoms. The van der Waals surface area contributed by atoms with Gasteiger partial charge in [0, 0.05) is 6.42 Å². The van der Waals surface area contributed by atoms with Crippen molar-refractivity contribution in [1.29, 1.82) is 0 Å². The Morgan fingerprint density at radius 1 is 0.947 bits per heavy atom. The fraction of sp³-hybridized carbons (Fsp3) is 0.647. The predicted octanol–water partition coefficient (Wildman–Crippen LogP) is 4.57. The Morgan fingerprint density at radius 3 is 2.37 bits per heavy atom. The van der Waals surface area contributed by atoms with Crippen LogP contribution in [0.3, 0.4) is 0 Å². The summed E-state index contributed by atoms with van der Waals surface area (Å²) in [6, 6.07) is 9.78. The van der Waals surface area contributed by atoms with Gasteiger partial charge in [0.15, 0.2) is 0 Å². The van der Waals surface area contributed by atoms with Crippen molar-refractivity contribution in [2.24, 2.45) is 0 Å². The van der Waals surface area contributed by atoms with Crippen LogP contribution in [0.5, 0.6) is 5.75 Å². The summed E-state index contributed by atoms with van der Waals surface area (Å²) in [6.07, 6.45) is 9.08. The molecule has 1 N–H and O–H groups in total. The predicted molar refractivity (Wildman–Crippen MR) is 80.6 cm³/mol. The molecule has 0 amide bonds. The number of aliphatic hydroxyl groups is 1. The molecule has 1 aromatic carbocycles. The van der Waals surface area contributed by atoms with Crippen LogP contribution in [0.15, 0.2) is 30.3 Å². The zero-order valence-corrected chi connectivity index (χ0v) is 12.2. The van der Waals surface area contributed by atoms with E-state index in [0.29, 0.717) is 6.61 Å². The highest BCUT2D eigenvalue weighted by atomic mass is 16.5. The molecule has 0 bridgehead atoms. The molecule has 0 aromatic heterocycles. The first-order chi connectivity index (χ1) is 9.33. The molecule has 0 saturated heterocycles. The zero-order valence-electron chi connectivity index (χ0n) is 12.2. The molecule has 0 saturated carbocycles. The van der Waals surface area contributed by atoms with Crippen LogP contribution >= 0.6 is 0 Å². The summed E-state index contributed by atoms with van der Waals surface area (Å²) < 4.78 is 5.58. The maximum atomic E-state index is 9.85. The highest BCUT2D eigenvalue weighted by Crippen LogP contribution is 2.12. The lowest BCUT2D eigenvalue weighted by Gasteiger charge is -2.11. The van der Waals surface area contributed by atoms with Crippen molar-refractivity contribution < 1.29 is 9.84 Å². The summed E-state index contributed by atoms with van der Waals surface area (Å²) in [7, 11) is 0. The number of benzene rings is 1. The Bertz CT molecular complexity index is 297. The number of aliphatic hydroxyl groups excluding tert-OH is 1. The van der Waals surface area contributed by atoms with Crippen LogP contribution in [-0.2, 0) is 0 Å². The minimum absolute atomic E-state index is 0.213. The lowest BCUT2D eigenvalue weighted by Crippen LogP contribution is -2.11. The van der Waals surface area contributed by atoms with Crippen molar-refractivity contribution in [3.05, 3.63) is 30.3 Å². The van der Waals surface area contributed by atoms with Crippen molar-refractivity contribution in [2.45, 2.75) is 64.4 Å². The first-order valence-corrected chi connectivity index (χ1v) is 7.69. The lowest BCUT2D eigenvalue weighted by atomic mass is 10.1. The number of hydrogen-bond acceptors (Lipinski definition) is 2. The van der Waals surface area contributed by atoms with Crippen molar-refractivity contribution in [3.63, 3.8) is 0 Å². The van der Waals surface area contributed by atoms with Crippen molar-refractivity contribution in [3.8, 4) is 5.75 Å². The topological polar surface area (TPSA) is 29.5 Å². The van der Waals surface area contributed by atoms with Gasteiger partial charge in [0.2, 0.25) is 0 Å². The van der Waals surface area contributed by atoms with Crippen LogP contribution in [0.25, 0.3) is 0 Å². The van der Waals surface area contributed by atoms with Gasteiger partial charge < -0.3 is 9.84 Å². The molecule has 2 nitrogen and oxygen atoms in total. The van der Waals surface area contributed by atoms with E-state index < -0.39 is 0 Å². The van der Waals surface area contributed by atoms with Gasteiger partial charge in [0.25, 0.3) is 0 Å². The molecule has 1 aromatic rings. The minimum Gasteiger partial charge on any atom is -0.493 e. The fourth-order valence-corrected chi connectivity index (χ4v) is 2.13. The molecule has 0 heterocycles. The Balaban J connectivity index is 1.94. The molecule has 1 rings (SSSR count). The van der Waals surface area contributed by atoms with Crippen LogP contribution < -0.4 is 4.74 Å². The van der Waals surface area contributed by atoms with Crippen LogP contribution in [0.4, 0.5) is 0 Å². The van der Waals surface area contributed by atoms with Crippen molar-refractivity contribution in [1.82, 2.24) is 0 Å². The Labute approximate surface area is 117 Å². The summed E-state index contributed by atoms with van der Waals surface area (Å²) >= 11 is 0. The van der Waals surface area contributed by atoms with Gasteiger partial charge in [-0.25, -0.2) is 0 Å². The first kappa shape index (κ1) is 16.0. The molecule has 0 radical (unpaired) electrons. The van der Waals surface area contributed by atoms with E-state index in [2.05, 4.69) is 6.92 Å². The smallest absolute Gasteiger partial charge is 0.119 e. The van der Waals surface area contributed by atoms with E-state index in [-0.39, 0.29) is 6.10 Å². The van der Waals surface area contributed by atoms with Crippen LogP contribution in [0.2, 0.25) is 0 Å². The molecule has 1 atom stereocenters. The monoisotopic (exact) mass is 264 g/mol. The summed E-state index contributed by atoms with van der Waals surface area (Å²) in [5, 5.41) is 9.85. The van der Waals surface area contributed by atoms with E-state index >= 15 is 0 Å². The highest BCUT2D eigenvalue weighted by Gasteiger charge is 2.04. The third kappa shape index (κ3) is 8.66. The molecule has 1 unspecified atom stereocenters. The molecule has 0 aliphatic carbocycles. The lowest BCUT2D eigenvalue weighted by molar-refractivity contribution is 0.128. The highest BCUT2D eigenvalue weighted by molar-refractivity contribution is 5.20. The standard InChI is InChI=1S/C17H28O2/c1-2-3-4-5-6-8-11-16(18)14-15-19-17-12-9-7-10-13-17/h7,9-10,12-13,16,18H,2-6,8,11,14-15H2,1H3. The summed E-state index contributed by atoms with van der Waals surface area (Å²) in [4.78, 5) is 0. The minimum atomic E-state index is -0.213. The van der Waals surface area contributed by atoms with Gasteiger partial charge >= 0.3 is 0 Å². The second-order valence-corrected chi connectivity index (χ2v) is 5.16. The van der Waals surface area contributed by atoms with Gasteiger partial charge in [-0.1, -0.05) is 63.6 Å². The second kappa shape index (κ2) is 10.9. The molecule has 0 spiro atoms. The van der Waals surface area contributed by atoms with Gasteiger partial charge in [-0.05, 0) is 18.6 Å². The van der Waals surface area contributed by atoms with Crippen LogP contribution in [0, 0.1) is 0 Å². The first-order valence-electron chi connectivity index (χ1n) is 7.69. The fourth-order valence-electron chi connectivity index (χ4n) is 2.13. The zero-order chi connectivity index (χ0) is 13.8. The van der Waals surface area contributed by atoms with E-state index in [1.165, 1.54) is 32.1 Å². The average Bonchev–Trinajstić information content (AvgIpc) is 2.44. The van der Waals surface area contributed by atoms with Crippen molar-refractivity contribution in [2.75, 3.05) is 6.61 Å². The molecule has 108 valence electrons. The summed E-state index contributed by atoms with van der Waals surface area (Å²) in [6.45, 7) is 2.83. The maximum Gasteiger partial charge on any atom is 0.119 e. The average molecular weight is 264 g/mol. The summed E-state index contributed by atoms with van der Waals surface area (Å²) in [5.74, 6) is 0.884. The van der Waals surface area contributed by atoms with Crippen molar-refractivity contribution >= 4 is 0 Å². The quantitative estimate of drug-likeness (QED) is 0.593. The Morgan fingerprint density at radius 2 is 1.63 bits per heavy atom. The molecule has 2 heteroatoms. The number of para-hydroxylation sites is 1.